The quantitative estimate of drug-likeness (QED) is 0.630. The summed E-state index contributed by atoms with van der Waals surface area (Å²) in [4.78, 5) is 24.8. The number of nitrogens with one attached hydrogen (secondary N) is 1. The first-order chi connectivity index (χ1) is 7.97. The maximum Gasteiger partial charge on any atom is 0.312 e. The van der Waals surface area contributed by atoms with Crippen LogP contribution in [0.2, 0.25) is 0 Å². The summed E-state index contributed by atoms with van der Waals surface area (Å²) in [7, 11) is 0. The molecule has 0 radical (unpaired) electrons. The molecular formula is C11H21N3O3. The molecule has 0 bridgehead atoms. The largest absolute Gasteiger partial charge is 0.394 e. The number of urea groups is 1. The van der Waals surface area contributed by atoms with E-state index in [0.717, 1.165) is 12.8 Å². The molecule has 17 heavy (non-hydrogen) atoms. The number of carbonyl (C=O) groups is 2. The summed E-state index contributed by atoms with van der Waals surface area (Å²) in [5.41, 5.74) is 5.06. The molecule has 2 atom stereocenters. The van der Waals surface area contributed by atoms with Crippen LogP contribution in [0.1, 0.15) is 26.7 Å². The summed E-state index contributed by atoms with van der Waals surface area (Å²) in [5.74, 6) is -0.190. The lowest BCUT2D eigenvalue weighted by Crippen LogP contribution is -2.54. The summed E-state index contributed by atoms with van der Waals surface area (Å²) in [6, 6.07) is -1.44. The second-order valence-electron chi connectivity index (χ2n) is 4.74. The highest BCUT2D eigenvalue weighted by Crippen LogP contribution is 2.19. The smallest absolute Gasteiger partial charge is 0.312 e. The van der Waals surface area contributed by atoms with Crippen LogP contribution < -0.4 is 11.1 Å². The second-order valence-corrected chi connectivity index (χ2v) is 4.74. The molecule has 0 saturated carbocycles. The zero-order chi connectivity index (χ0) is 13.0. The van der Waals surface area contributed by atoms with Gasteiger partial charge in [0.15, 0.2) is 0 Å². The number of carbonyl (C=O) groups excluding carboxylic acids is 2. The van der Waals surface area contributed by atoms with Crippen LogP contribution in [-0.4, -0.2) is 47.2 Å². The first kappa shape index (κ1) is 13.8. The van der Waals surface area contributed by atoms with Gasteiger partial charge in [-0.3, -0.25) is 4.79 Å². The Labute approximate surface area is 101 Å². The average Bonchev–Trinajstić information content (AvgIpc) is 2.72. The van der Waals surface area contributed by atoms with E-state index in [1.807, 2.05) is 13.8 Å². The molecule has 1 aliphatic rings. The third kappa shape index (κ3) is 3.33. The van der Waals surface area contributed by atoms with Gasteiger partial charge in [-0.05, 0) is 18.8 Å². The summed E-state index contributed by atoms with van der Waals surface area (Å²) in [6.45, 7) is 4.30. The fourth-order valence-corrected chi connectivity index (χ4v) is 2.16. The highest BCUT2D eigenvalue weighted by atomic mass is 16.3. The molecule has 0 aromatic carbocycles. The van der Waals surface area contributed by atoms with Gasteiger partial charge in [0.2, 0.25) is 5.91 Å². The highest BCUT2D eigenvalue weighted by Gasteiger charge is 2.34. The van der Waals surface area contributed by atoms with Gasteiger partial charge in [0.1, 0.15) is 6.04 Å². The van der Waals surface area contributed by atoms with Crippen LogP contribution in [0, 0.1) is 5.92 Å². The summed E-state index contributed by atoms with van der Waals surface area (Å²) >= 11 is 0. The van der Waals surface area contributed by atoms with Crippen molar-refractivity contribution in [2.24, 2.45) is 11.7 Å². The Hall–Kier alpha value is -1.30. The Kier molecular flexibility index (Phi) is 4.74. The van der Waals surface area contributed by atoms with E-state index in [9.17, 15) is 14.7 Å². The van der Waals surface area contributed by atoms with Crippen molar-refractivity contribution in [2.45, 2.75) is 38.8 Å². The van der Waals surface area contributed by atoms with Crippen molar-refractivity contribution in [2.75, 3.05) is 13.2 Å². The Morgan fingerprint density at radius 1 is 1.53 bits per heavy atom. The fraction of sp³-hybridized carbons (Fsp3) is 0.818. The van der Waals surface area contributed by atoms with Crippen LogP contribution in [0.5, 0.6) is 0 Å². The van der Waals surface area contributed by atoms with E-state index >= 15 is 0 Å². The van der Waals surface area contributed by atoms with Crippen LogP contribution in [0.3, 0.4) is 0 Å². The van der Waals surface area contributed by atoms with Crippen LogP contribution in [0.4, 0.5) is 4.79 Å². The summed E-state index contributed by atoms with van der Waals surface area (Å²) in [5, 5.41) is 11.6. The molecule has 1 unspecified atom stereocenters. The second kappa shape index (κ2) is 5.86. The SMILES string of the molecule is CC(C)C(NC(N)=O)C(=O)N1CCC[C@@H]1CO. The van der Waals surface area contributed by atoms with Gasteiger partial charge in [-0.15, -0.1) is 0 Å². The van der Waals surface area contributed by atoms with E-state index in [4.69, 9.17) is 5.73 Å². The maximum absolute atomic E-state index is 12.2. The third-order valence-corrected chi connectivity index (χ3v) is 3.10. The molecule has 3 amide bonds. The van der Waals surface area contributed by atoms with E-state index in [-0.39, 0.29) is 24.5 Å². The molecule has 98 valence electrons. The van der Waals surface area contributed by atoms with Gasteiger partial charge in [0, 0.05) is 6.54 Å². The number of primary amides is 1. The predicted molar refractivity (Wildman–Crippen MR) is 63.2 cm³/mol. The van der Waals surface area contributed by atoms with Gasteiger partial charge >= 0.3 is 6.03 Å². The van der Waals surface area contributed by atoms with Crippen LogP contribution in [-0.2, 0) is 4.79 Å². The summed E-state index contributed by atoms with van der Waals surface area (Å²) < 4.78 is 0. The van der Waals surface area contributed by atoms with E-state index in [2.05, 4.69) is 5.32 Å². The Bertz CT molecular complexity index is 294. The number of rotatable bonds is 4. The number of aliphatic hydroxyl groups excluding tert-OH is 1. The molecule has 0 aromatic heterocycles. The topological polar surface area (TPSA) is 95.7 Å². The number of nitrogens with zero attached hydrogens (tertiary/aromatic N) is 1. The van der Waals surface area contributed by atoms with E-state index in [0.29, 0.717) is 6.54 Å². The Morgan fingerprint density at radius 2 is 2.18 bits per heavy atom. The molecule has 0 aromatic rings. The molecule has 1 rings (SSSR count). The number of hydrogen-bond acceptors (Lipinski definition) is 3. The molecule has 1 fully saturated rings. The first-order valence-electron chi connectivity index (χ1n) is 5.94. The fourth-order valence-electron chi connectivity index (χ4n) is 2.16. The zero-order valence-electron chi connectivity index (χ0n) is 10.3. The monoisotopic (exact) mass is 243 g/mol. The van der Waals surface area contributed by atoms with E-state index < -0.39 is 12.1 Å². The van der Waals surface area contributed by atoms with E-state index in [1.54, 1.807) is 4.90 Å². The lowest BCUT2D eigenvalue weighted by molar-refractivity contribution is -0.135. The molecule has 1 saturated heterocycles. The number of aliphatic hydroxyl groups is 1. The molecular weight excluding hydrogens is 222 g/mol. The minimum Gasteiger partial charge on any atom is -0.394 e. The lowest BCUT2D eigenvalue weighted by Gasteiger charge is -2.29. The van der Waals surface area contributed by atoms with Gasteiger partial charge < -0.3 is 21.1 Å². The molecule has 6 heteroatoms. The van der Waals surface area contributed by atoms with Gasteiger partial charge in [0.05, 0.1) is 12.6 Å². The minimum absolute atomic E-state index is 0.0325. The van der Waals surface area contributed by atoms with Crippen LogP contribution in [0.15, 0.2) is 0 Å². The Morgan fingerprint density at radius 3 is 2.65 bits per heavy atom. The van der Waals surface area contributed by atoms with Gasteiger partial charge in [-0.1, -0.05) is 13.8 Å². The molecule has 0 spiro atoms. The van der Waals surface area contributed by atoms with Crippen molar-refractivity contribution >= 4 is 11.9 Å². The Balaban J connectivity index is 2.73. The molecule has 1 aliphatic heterocycles. The van der Waals surface area contributed by atoms with Crippen molar-refractivity contribution in [1.82, 2.24) is 10.2 Å². The normalized spacial score (nSPS) is 21.6. The number of amides is 3. The molecule has 4 N–H and O–H groups in total. The van der Waals surface area contributed by atoms with Crippen LogP contribution in [0.25, 0.3) is 0 Å². The highest BCUT2D eigenvalue weighted by molar-refractivity contribution is 5.87. The van der Waals surface area contributed by atoms with Crippen molar-refractivity contribution in [3.05, 3.63) is 0 Å². The zero-order valence-corrected chi connectivity index (χ0v) is 10.3. The van der Waals surface area contributed by atoms with Gasteiger partial charge in [0.25, 0.3) is 0 Å². The van der Waals surface area contributed by atoms with E-state index in [1.165, 1.54) is 0 Å². The molecule has 6 nitrogen and oxygen atoms in total. The minimum atomic E-state index is -0.697. The van der Waals surface area contributed by atoms with Crippen molar-refractivity contribution in [3.8, 4) is 0 Å². The number of likely N-dealkylation sites (tertiary alicyclic amines) is 1. The number of hydrogen-bond donors (Lipinski definition) is 3. The van der Waals surface area contributed by atoms with Crippen LogP contribution >= 0.6 is 0 Å². The molecule has 0 aliphatic carbocycles. The van der Waals surface area contributed by atoms with Gasteiger partial charge in [-0.2, -0.15) is 0 Å². The van der Waals surface area contributed by atoms with Crippen molar-refractivity contribution in [3.63, 3.8) is 0 Å². The third-order valence-electron chi connectivity index (χ3n) is 3.10. The summed E-state index contributed by atoms with van der Waals surface area (Å²) in [6.07, 6.45) is 1.70. The van der Waals surface area contributed by atoms with Crippen molar-refractivity contribution in [1.29, 1.82) is 0 Å². The molecule has 1 heterocycles. The standard InChI is InChI=1S/C11H21N3O3/c1-7(2)9(13-11(12)17)10(16)14-5-3-4-8(14)6-15/h7-9,15H,3-6H2,1-2H3,(H3,12,13,17)/t8-,9?/m1/s1. The van der Waals surface area contributed by atoms with Gasteiger partial charge in [-0.25, -0.2) is 4.79 Å². The average molecular weight is 243 g/mol. The lowest BCUT2D eigenvalue weighted by atomic mass is 10.0. The predicted octanol–water partition coefficient (Wildman–Crippen LogP) is -0.337. The maximum atomic E-state index is 12.2. The van der Waals surface area contributed by atoms with Crippen molar-refractivity contribution < 1.29 is 14.7 Å². The first-order valence-corrected chi connectivity index (χ1v) is 5.94. The number of nitrogens with two attached hydrogens (primary N) is 1.